The van der Waals surface area contributed by atoms with E-state index in [1.165, 1.54) is 49.2 Å². The fraction of sp³-hybridized carbons (Fsp3) is 0.526. The quantitative estimate of drug-likeness (QED) is 0.134. The van der Waals surface area contributed by atoms with Gasteiger partial charge in [-0.05, 0) is 83.8 Å². The predicted octanol–water partition coefficient (Wildman–Crippen LogP) is 3.35. The Morgan fingerprint density at radius 2 is 1.85 bits per heavy atom. The summed E-state index contributed by atoms with van der Waals surface area (Å²) in [6.45, 7) is 4.13. The molecule has 3 fully saturated rings. The number of sulfonamides is 1. The van der Waals surface area contributed by atoms with E-state index in [9.17, 15) is 32.0 Å². The molecule has 17 heteroatoms. The standard InChI is InChI=1S/C38H47FN8O7S/c1-23-19-41-30(20-40-23)34(49)44-29(12-8-6-4-5-7-10-25-14-15-25)37(51)47-22-26(54-36-24(2)43-28-13-9-11-27(39)33(28)45-36)18-31(47)35(50)42-21-32(48)46-55(52,53)38(3)16-17-38/h7,9-11,13,19-20,25-26,29,31H,4-6,8,12,14-18,21-22H2,1-3H3,(H,42,50)(H,44,49)(H,46,48)/b10-7-/t26-,29+,31+/m1/s1. The molecule has 4 amide bonds. The van der Waals surface area contributed by atoms with Crippen molar-refractivity contribution in [1.29, 1.82) is 0 Å². The summed E-state index contributed by atoms with van der Waals surface area (Å²) >= 11 is 0. The lowest BCUT2D eigenvalue weighted by Gasteiger charge is -2.28. The molecular weight excluding hydrogens is 732 g/mol. The van der Waals surface area contributed by atoms with E-state index < -0.39 is 68.9 Å². The summed E-state index contributed by atoms with van der Waals surface area (Å²) in [4.78, 5) is 72.6. The molecule has 1 aromatic carbocycles. The molecule has 3 aliphatic rings. The van der Waals surface area contributed by atoms with Gasteiger partial charge in [0.25, 0.3) is 11.8 Å². The number of carbonyl (C=O) groups is 4. The van der Waals surface area contributed by atoms with Crippen LogP contribution < -0.4 is 20.1 Å². The van der Waals surface area contributed by atoms with Gasteiger partial charge in [-0.1, -0.05) is 31.1 Å². The Kier molecular flexibility index (Phi) is 12.1. The Balaban J connectivity index is 1.20. The average molecular weight is 779 g/mol. The lowest BCUT2D eigenvalue weighted by molar-refractivity contribution is -0.140. The zero-order valence-electron chi connectivity index (χ0n) is 31.2. The number of aromatic nitrogens is 4. The highest BCUT2D eigenvalue weighted by atomic mass is 32.2. The summed E-state index contributed by atoms with van der Waals surface area (Å²) in [5.74, 6) is -2.71. The third-order valence-electron chi connectivity index (χ3n) is 10.2. The maximum absolute atomic E-state index is 14.6. The molecule has 0 spiro atoms. The van der Waals surface area contributed by atoms with Gasteiger partial charge in [-0.25, -0.2) is 27.8 Å². The van der Waals surface area contributed by atoms with Crippen LogP contribution in [0, 0.1) is 25.6 Å². The van der Waals surface area contributed by atoms with E-state index in [0.717, 1.165) is 19.3 Å². The lowest BCUT2D eigenvalue weighted by atomic mass is 10.0. The Morgan fingerprint density at radius 3 is 2.56 bits per heavy atom. The molecule has 3 atom stereocenters. The van der Waals surface area contributed by atoms with Gasteiger partial charge in [0.15, 0.2) is 5.82 Å². The third-order valence-corrected chi connectivity index (χ3v) is 12.4. The molecule has 2 saturated carbocycles. The predicted molar refractivity (Wildman–Crippen MR) is 199 cm³/mol. The van der Waals surface area contributed by atoms with Gasteiger partial charge in [-0.3, -0.25) is 28.9 Å². The van der Waals surface area contributed by atoms with Gasteiger partial charge in [-0.2, -0.15) is 0 Å². The fourth-order valence-corrected chi connectivity index (χ4v) is 7.62. The van der Waals surface area contributed by atoms with Gasteiger partial charge in [-0.15, -0.1) is 0 Å². The normalized spacial score (nSPS) is 19.6. The van der Waals surface area contributed by atoms with Crippen LogP contribution in [-0.4, -0.2) is 92.9 Å². The maximum atomic E-state index is 14.6. The Bertz CT molecular complexity index is 2070. The van der Waals surface area contributed by atoms with E-state index in [1.54, 1.807) is 19.9 Å². The van der Waals surface area contributed by atoms with Gasteiger partial charge in [0.05, 0.1) is 35.2 Å². The topological polar surface area (TPSA) is 203 Å². The van der Waals surface area contributed by atoms with Gasteiger partial charge in [0.1, 0.15) is 35.1 Å². The summed E-state index contributed by atoms with van der Waals surface area (Å²) in [5, 5.41) is 5.27. The molecule has 3 aromatic rings. The molecule has 1 saturated heterocycles. The first-order valence-corrected chi connectivity index (χ1v) is 20.2. The second kappa shape index (κ2) is 16.8. The minimum Gasteiger partial charge on any atom is -0.471 e. The van der Waals surface area contributed by atoms with Crippen molar-refractivity contribution < 1.29 is 36.7 Å². The molecule has 2 aliphatic carbocycles. The van der Waals surface area contributed by atoms with Gasteiger partial charge in [0.2, 0.25) is 27.7 Å². The number of aryl methyl sites for hydroxylation is 2. The van der Waals surface area contributed by atoms with E-state index in [-0.39, 0.29) is 36.5 Å². The number of rotatable bonds is 17. The van der Waals surface area contributed by atoms with Crippen molar-refractivity contribution in [1.82, 2.24) is 40.2 Å². The van der Waals surface area contributed by atoms with Crippen molar-refractivity contribution in [2.24, 2.45) is 5.92 Å². The minimum absolute atomic E-state index is 0.00523. The smallest absolute Gasteiger partial charge is 0.272 e. The van der Waals surface area contributed by atoms with Crippen molar-refractivity contribution in [3.05, 3.63) is 65.6 Å². The first kappa shape index (κ1) is 39.6. The summed E-state index contributed by atoms with van der Waals surface area (Å²) in [6.07, 6.45) is 13.1. The van der Waals surface area contributed by atoms with Crippen molar-refractivity contribution in [3.8, 4) is 5.88 Å². The molecule has 15 nitrogen and oxygen atoms in total. The minimum atomic E-state index is -3.94. The second-order valence-corrected chi connectivity index (χ2v) is 17.1. The van der Waals surface area contributed by atoms with Crippen LogP contribution in [0.2, 0.25) is 0 Å². The molecule has 55 heavy (non-hydrogen) atoms. The van der Waals surface area contributed by atoms with Gasteiger partial charge < -0.3 is 20.3 Å². The number of benzene rings is 1. The molecule has 0 radical (unpaired) electrons. The van der Waals surface area contributed by atoms with Crippen LogP contribution in [0.4, 0.5) is 4.39 Å². The van der Waals surface area contributed by atoms with E-state index >= 15 is 0 Å². The number of carbonyl (C=O) groups excluding carboxylic acids is 4. The van der Waals surface area contributed by atoms with Crippen molar-refractivity contribution in [3.63, 3.8) is 0 Å². The van der Waals surface area contributed by atoms with Crippen LogP contribution in [0.25, 0.3) is 11.0 Å². The molecule has 294 valence electrons. The van der Waals surface area contributed by atoms with Crippen LogP contribution in [0.3, 0.4) is 0 Å². The Hall–Kier alpha value is -5.06. The monoisotopic (exact) mass is 778 g/mol. The summed E-state index contributed by atoms with van der Waals surface area (Å²) in [7, 11) is -3.94. The fourth-order valence-electron chi connectivity index (χ4n) is 6.36. The zero-order valence-corrected chi connectivity index (χ0v) is 32.0. The molecule has 6 rings (SSSR count). The van der Waals surface area contributed by atoms with Gasteiger partial charge >= 0.3 is 0 Å². The lowest BCUT2D eigenvalue weighted by Crippen LogP contribution is -2.54. The zero-order chi connectivity index (χ0) is 39.3. The molecule has 3 heterocycles. The molecule has 0 unspecified atom stereocenters. The second-order valence-electron chi connectivity index (χ2n) is 14.9. The van der Waals surface area contributed by atoms with Crippen molar-refractivity contribution in [2.75, 3.05) is 13.1 Å². The molecule has 2 aromatic heterocycles. The Labute approximate surface area is 319 Å². The van der Waals surface area contributed by atoms with Crippen LogP contribution in [0.1, 0.15) is 93.0 Å². The number of nitrogens with zero attached hydrogens (tertiary/aromatic N) is 5. The molecule has 0 bridgehead atoms. The molecular formula is C38H47FN8O7S. The summed E-state index contributed by atoms with van der Waals surface area (Å²) < 4.78 is 47.0. The number of nitrogens with one attached hydrogen (secondary N) is 3. The molecule has 3 N–H and O–H groups in total. The van der Waals surface area contributed by atoms with E-state index in [4.69, 9.17) is 4.74 Å². The number of allylic oxidation sites excluding steroid dienone is 2. The number of hydrogen-bond donors (Lipinski definition) is 3. The van der Waals surface area contributed by atoms with Gasteiger partial charge in [0, 0.05) is 12.6 Å². The third kappa shape index (κ3) is 9.98. The highest BCUT2D eigenvalue weighted by Crippen LogP contribution is 2.42. The summed E-state index contributed by atoms with van der Waals surface area (Å²) in [6, 6.07) is 2.15. The van der Waals surface area contributed by atoms with E-state index in [2.05, 4.69) is 42.7 Å². The largest absolute Gasteiger partial charge is 0.471 e. The first-order chi connectivity index (χ1) is 26.2. The summed E-state index contributed by atoms with van der Waals surface area (Å²) in [5.41, 5.74) is 1.32. The van der Waals surface area contributed by atoms with Crippen molar-refractivity contribution in [2.45, 2.75) is 108 Å². The number of fused-ring (bicyclic) bond motifs is 1. The average Bonchev–Trinajstić information content (AvgIpc) is 4.08. The number of para-hydroxylation sites is 1. The number of amides is 4. The van der Waals surface area contributed by atoms with Crippen molar-refractivity contribution >= 4 is 44.7 Å². The van der Waals surface area contributed by atoms with Crippen LogP contribution in [-0.2, 0) is 24.4 Å². The first-order valence-electron chi connectivity index (χ1n) is 18.7. The Morgan fingerprint density at radius 1 is 1.07 bits per heavy atom. The van der Waals surface area contributed by atoms with Crippen LogP contribution in [0.5, 0.6) is 5.88 Å². The number of ether oxygens (including phenoxy) is 1. The van der Waals surface area contributed by atoms with E-state index in [1.807, 2.05) is 4.72 Å². The van der Waals surface area contributed by atoms with Crippen LogP contribution in [0.15, 0.2) is 42.7 Å². The number of hydrogen-bond acceptors (Lipinski definition) is 11. The van der Waals surface area contributed by atoms with Crippen LogP contribution >= 0.6 is 0 Å². The SMILES string of the molecule is Cc1cnc(C(=O)N[C@@H](CCCCC/C=C\C2CC2)C(=O)N2C[C@H](Oc3nc4c(F)cccc4nc3C)C[C@H]2C(=O)NCC(=O)NS(=O)(=O)C2(C)CC2)cn1. The highest BCUT2D eigenvalue weighted by molar-refractivity contribution is 7.91. The highest BCUT2D eigenvalue weighted by Gasteiger charge is 2.51. The number of unbranched alkanes of at least 4 members (excludes halogenated alkanes) is 3. The maximum Gasteiger partial charge on any atom is 0.272 e. The number of halogens is 1. The number of likely N-dealkylation sites (tertiary alicyclic amines) is 1. The molecule has 1 aliphatic heterocycles. The van der Waals surface area contributed by atoms with E-state index in [0.29, 0.717) is 42.1 Å².